The van der Waals surface area contributed by atoms with Crippen molar-refractivity contribution in [2.75, 3.05) is 125 Å². The molecule has 2 aromatic carbocycles. The van der Waals surface area contributed by atoms with Crippen LogP contribution in [0.4, 0.5) is 14.9 Å². The lowest BCUT2D eigenvalue weighted by Crippen LogP contribution is -2.56. The number of amides is 8. The number of pyridine rings is 2. The zero-order valence-electron chi connectivity index (χ0n) is 57.2. The molecule has 0 spiro atoms. The van der Waals surface area contributed by atoms with E-state index in [9.17, 15) is 53.1 Å². The largest absolute Gasteiger partial charge is 0.458 e. The lowest BCUT2D eigenvalue weighted by Gasteiger charge is -2.33. The molecule has 0 saturated carbocycles. The summed E-state index contributed by atoms with van der Waals surface area (Å²) in [5.74, 6) is -6.04. The Kier molecular flexibility index (Phi) is 27.4. The Morgan fingerprint density at radius 1 is 0.778 bits per heavy atom. The molecule has 30 nitrogen and oxygen atoms in total. The van der Waals surface area contributed by atoms with E-state index in [0.717, 1.165) is 4.90 Å². The second-order valence-electron chi connectivity index (χ2n) is 24.9. The molecule has 5 heterocycles. The van der Waals surface area contributed by atoms with Gasteiger partial charge in [0.2, 0.25) is 41.5 Å². The van der Waals surface area contributed by atoms with Gasteiger partial charge in [-0.2, -0.15) is 0 Å². The molecule has 31 heteroatoms. The fraction of sp³-hybridized carbons (Fsp3) is 0.574. The number of rotatable bonds is 39. The van der Waals surface area contributed by atoms with E-state index >= 15 is 4.39 Å². The van der Waals surface area contributed by atoms with Crippen molar-refractivity contribution >= 4 is 70.0 Å². The Morgan fingerprint density at radius 3 is 1.94 bits per heavy atom. The molecule has 1 aliphatic carbocycles. The summed E-state index contributed by atoms with van der Waals surface area (Å²) in [6.45, 7) is 15.4. The Morgan fingerprint density at radius 2 is 1.36 bits per heavy atom. The van der Waals surface area contributed by atoms with Crippen LogP contribution in [0.1, 0.15) is 118 Å². The van der Waals surface area contributed by atoms with Gasteiger partial charge in [-0.15, -0.1) is 0 Å². The van der Waals surface area contributed by atoms with E-state index in [0.29, 0.717) is 112 Å². The number of aliphatic hydroxyl groups is 1. The average molecular weight is 1390 g/mol. The van der Waals surface area contributed by atoms with E-state index in [1.54, 1.807) is 33.9 Å². The molecule has 4 aliphatic rings. The van der Waals surface area contributed by atoms with Gasteiger partial charge >= 0.3 is 12.1 Å². The number of hydrogen-bond acceptors (Lipinski definition) is 22. The van der Waals surface area contributed by atoms with Crippen molar-refractivity contribution in [3.63, 3.8) is 0 Å². The summed E-state index contributed by atoms with van der Waals surface area (Å²) < 4.78 is 71.7. The predicted octanol–water partition coefficient (Wildman–Crippen LogP) is 2.49. The summed E-state index contributed by atoms with van der Waals surface area (Å²) in [6, 6.07) is 5.53. The molecular weight excluding hydrogens is 1300 g/mol. The van der Waals surface area contributed by atoms with Crippen LogP contribution in [0, 0.1) is 18.7 Å². The van der Waals surface area contributed by atoms with Crippen LogP contribution >= 0.6 is 0 Å². The Balaban J connectivity index is 0.860. The van der Waals surface area contributed by atoms with Gasteiger partial charge in [-0.25, -0.2) is 19.0 Å². The molecule has 6 atom stereocenters. The Labute approximate surface area is 571 Å². The summed E-state index contributed by atoms with van der Waals surface area (Å²) in [6.07, 6.45) is -2.50. The number of halogens is 1. The van der Waals surface area contributed by atoms with Gasteiger partial charge in [0.05, 0.1) is 134 Å². The summed E-state index contributed by atoms with van der Waals surface area (Å²) in [7, 11) is 1.61. The minimum Gasteiger partial charge on any atom is -0.458 e. The molecule has 99 heavy (non-hydrogen) atoms. The molecule has 0 bridgehead atoms. The van der Waals surface area contributed by atoms with E-state index in [1.165, 1.54) is 62.6 Å². The van der Waals surface area contributed by atoms with Crippen molar-refractivity contribution in [2.45, 2.75) is 129 Å². The first-order valence-corrected chi connectivity index (χ1v) is 33.2. The number of anilines is 1. The van der Waals surface area contributed by atoms with Crippen LogP contribution in [0.5, 0.6) is 0 Å². The van der Waals surface area contributed by atoms with Gasteiger partial charge in [0, 0.05) is 72.8 Å². The quantitative estimate of drug-likeness (QED) is 0.0169. The first-order chi connectivity index (χ1) is 47.4. The van der Waals surface area contributed by atoms with Crippen molar-refractivity contribution < 1.29 is 100 Å². The van der Waals surface area contributed by atoms with Crippen LogP contribution in [0.25, 0.3) is 22.3 Å². The number of carbonyl (C=O) groups is 9. The van der Waals surface area contributed by atoms with Crippen LogP contribution in [0.2, 0.25) is 0 Å². The fourth-order valence-corrected chi connectivity index (χ4v) is 11.7. The highest BCUT2D eigenvalue weighted by atomic mass is 19.1. The second kappa shape index (κ2) is 35.6. The predicted molar refractivity (Wildman–Crippen MR) is 351 cm³/mol. The van der Waals surface area contributed by atoms with Crippen molar-refractivity contribution in [3.8, 4) is 11.4 Å². The molecule has 8 amide bonds. The second-order valence-corrected chi connectivity index (χ2v) is 24.9. The number of aromatic nitrogens is 2. The first-order valence-electron chi connectivity index (χ1n) is 33.2. The molecule has 2 unspecified atom stereocenters. The number of imide groups is 1. The number of benzene rings is 2. The van der Waals surface area contributed by atoms with E-state index in [-0.39, 0.29) is 124 Å². The molecule has 540 valence electrons. The number of nitrogens with zero attached hydrogens (tertiary/aromatic N) is 3. The van der Waals surface area contributed by atoms with Crippen LogP contribution in [0.3, 0.4) is 0 Å². The number of esters is 1. The molecule has 7 N–H and O–H groups in total. The maximum Gasteiger partial charge on any atom is 0.409 e. The lowest BCUT2D eigenvalue weighted by atomic mass is 9.81. The van der Waals surface area contributed by atoms with Crippen LogP contribution in [-0.4, -0.2) is 210 Å². The topological polar surface area (TPSA) is 376 Å². The molecular formula is C68H90FN9O21. The number of carbonyl (C=O) groups excluding carboxylic acids is 9. The molecule has 2 aromatic heterocycles. The number of nitrogens with one attached hydrogen (secondary N) is 6. The van der Waals surface area contributed by atoms with E-state index < -0.39 is 94.3 Å². The fourth-order valence-electron chi connectivity index (χ4n) is 11.7. The summed E-state index contributed by atoms with van der Waals surface area (Å²) in [4.78, 5) is 139. The van der Waals surface area contributed by atoms with Gasteiger partial charge in [-0.05, 0) is 88.8 Å². The molecule has 1 saturated heterocycles. The van der Waals surface area contributed by atoms with Gasteiger partial charge in [-0.3, -0.25) is 43.3 Å². The number of alkyl carbamates (subject to hydrolysis) is 1. The normalized spacial score (nSPS) is 17.8. The standard InChI is InChI=1S/C68H90FN9O21/c1-9-68(89)48-35-52-57-46(37-78(52)63(85)47(48)38-98-65(68)87)56-50(15-14-45-40(3)49(69)36-51(74-57)55(45)56)75-64(86)67(6,7)76-66(88)99-58(61(83)70-17-19-91-22-23-93-26-27-95-30-31-97-33-32-96-29-28-94-25-24-92-21-20-90-8)43-10-12-44(13-11-43)73-60(82)42(5)72-59(81)41(4)71-53(79)16-18-77-54(80)34-39(2)62(77)84/h10-13,35-36,39,41-42,50,58,89H,9,14-34,37-38H2,1-8H3,(H,70,83)(H,71,79)(H,72,81)(H,73,82)(H,75,86)(H,76,88)/t39?,41-,42-,50-,58?,68-/m0/s1. The Bertz CT molecular complexity index is 3660. The highest BCUT2D eigenvalue weighted by molar-refractivity contribution is 6.04. The minimum atomic E-state index is -2.10. The van der Waals surface area contributed by atoms with Crippen LogP contribution < -0.4 is 37.5 Å². The third-order valence-electron chi connectivity index (χ3n) is 17.4. The SMILES string of the molecule is CC[C@@]1(O)C(=O)OCc2c1cc1n(c2=O)Cc2c-1nc1cc(F)c(C)c3c1c2[C@@H](NC(=O)C(C)(C)NC(=O)OC(C(=O)NCCOCCOCCOCCOCCOCCOCCOCCOC)c1ccc(NC(=O)[C@H](C)NC(=O)[C@H](C)NC(=O)CCN2C(=O)CC(C)C2=O)cc1)CC3. The first kappa shape index (κ1) is 76.4. The third-order valence-corrected chi connectivity index (χ3v) is 17.4. The zero-order valence-corrected chi connectivity index (χ0v) is 57.2. The van der Waals surface area contributed by atoms with Crippen LogP contribution in [0.15, 0.2) is 41.2 Å². The van der Waals surface area contributed by atoms with Crippen molar-refractivity contribution in [2.24, 2.45) is 5.92 Å². The molecule has 1 fully saturated rings. The van der Waals surface area contributed by atoms with Gasteiger partial charge in [0.25, 0.3) is 11.5 Å². The average Bonchev–Trinajstić information content (AvgIpc) is 1.65. The van der Waals surface area contributed by atoms with Crippen molar-refractivity contribution in [1.82, 2.24) is 41.0 Å². The summed E-state index contributed by atoms with van der Waals surface area (Å²) in [5, 5.41) is 28.2. The number of fused-ring (bicyclic) bond motifs is 5. The van der Waals surface area contributed by atoms with Gasteiger partial charge in [-0.1, -0.05) is 26.0 Å². The van der Waals surface area contributed by atoms with Gasteiger partial charge in [0.1, 0.15) is 30.0 Å². The molecule has 8 rings (SSSR count). The van der Waals surface area contributed by atoms with Gasteiger partial charge in [0.15, 0.2) is 5.60 Å². The van der Waals surface area contributed by atoms with Crippen LogP contribution in [-0.2, 0) is 111 Å². The van der Waals surface area contributed by atoms with E-state index in [2.05, 4.69) is 31.9 Å². The lowest BCUT2D eigenvalue weighted by molar-refractivity contribution is -0.172. The van der Waals surface area contributed by atoms with Gasteiger partial charge < -0.3 is 88.9 Å². The minimum absolute atomic E-state index is 0.0175. The highest BCUT2D eigenvalue weighted by Gasteiger charge is 2.47. The third kappa shape index (κ3) is 19.3. The smallest absolute Gasteiger partial charge is 0.409 e. The van der Waals surface area contributed by atoms with E-state index in [1.807, 2.05) is 0 Å². The molecule has 3 aliphatic heterocycles. The van der Waals surface area contributed by atoms with E-state index in [4.69, 9.17) is 52.4 Å². The zero-order chi connectivity index (χ0) is 71.6. The summed E-state index contributed by atoms with van der Waals surface area (Å²) in [5.41, 5.74) is -0.799. The maximum absolute atomic E-state index is 15.7. The molecule has 4 aromatic rings. The van der Waals surface area contributed by atoms with Crippen molar-refractivity contribution in [3.05, 3.63) is 91.5 Å². The number of aryl methyl sites for hydroxylation is 1. The van der Waals surface area contributed by atoms with Crippen molar-refractivity contribution in [1.29, 1.82) is 0 Å². The number of ether oxygens (including phenoxy) is 10. The monoisotopic (exact) mass is 1390 g/mol. The number of cyclic esters (lactones) is 1. The number of likely N-dealkylation sites (tertiary alicyclic amines) is 1. The number of hydrogen-bond donors (Lipinski definition) is 7. The summed E-state index contributed by atoms with van der Waals surface area (Å²) >= 11 is 0. The highest BCUT2D eigenvalue weighted by Crippen LogP contribution is 2.46. The maximum atomic E-state index is 15.7. The molecule has 0 radical (unpaired) electrons. The number of methoxy groups -OCH3 is 1. The Hall–Kier alpha value is -8.40.